The molecule has 8 heteroatoms. The Morgan fingerprint density at radius 1 is 1.50 bits per heavy atom. The maximum absolute atomic E-state index is 11.9. The number of carbonyl (C=O) groups is 1. The number of carbonyl (C=O) groups excluding carboxylic acids is 1. The third kappa shape index (κ3) is 4.71. The number of nitrogens with zero attached hydrogens (tertiary/aromatic N) is 4. The van der Waals surface area contributed by atoms with Gasteiger partial charge in [-0.3, -0.25) is 10.3 Å². The summed E-state index contributed by atoms with van der Waals surface area (Å²) in [6, 6.07) is 7.12. The van der Waals surface area contributed by atoms with E-state index in [0.29, 0.717) is 18.1 Å². The van der Waals surface area contributed by atoms with Gasteiger partial charge in [0.25, 0.3) is 0 Å². The summed E-state index contributed by atoms with van der Waals surface area (Å²) in [6.07, 6.45) is -0.572. The SMILES string of the molecule is CC(C)(C)OC(=O)NC1=N[C@](C)(c2cccc(N=[N+]=[N-])c2)COC1. The van der Waals surface area contributed by atoms with Crippen molar-refractivity contribution >= 4 is 17.6 Å². The molecule has 1 N–H and O–H groups in total. The second-order valence-electron chi connectivity index (χ2n) is 6.69. The van der Waals surface area contributed by atoms with Crippen LogP contribution in [-0.2, 0) is 15.0 Å². The van der Waals surface area contributed by atoms with E-state index in [4.69, 9.17) is 15.0 Å². The van der Waals surface area contributed by atoms with Gasteiger partial charge in [-0.05, 0) is 44.9 Å². The van der Waals surface area contributed by atoms with Gasteiger partial charge in [0.05, 0.1) is 6.61 Å². The Bertz CT molecular complexity index is 704. The molecule has 0 fully saturated rings. The van der Waals surface area contributed by atoms with Crippen LogP contribution in [0.4, 0.5) is 10.5 Å². The normalized spacial score (nSPS) is 20.6. The van der Waals surface area contributed by atoms with Crippen molar-refractivity contribution < 1.29 is 14.3 Å². The summed E-state index contributed by atoms with van der Waals surface area (Å²) in [5.74, 6) is 0.396. The lowest BCUT2D eigenvalue weighted by Gasteiger charge is -2.31. The number of benzene rings is 1. The maximum Gasteiger partial charge on any atom is 0.413 e. The number of hydrogen-bond acceptors (Lipinski definition) is 5. The molecule has 2 rings (SSSR count). The van der Waals surface area contributed by atoms with E-state index in [0.717, 1.165) is 5.56 Å². The molecule has 1 aromatic rings. The number of aliphatic imine (C=N–C) groups is 1. The molecule has 1 amide bonds. The van der Waals surface area contributed by atoms with Crippen molar-refractivity contribution in [2.75, 3.05) is 13.2 Å². The number of nitrogens with one attached hydrogen (secondary N) is 1. The first-order valence-electron chi connectivity index (χ1n) is 7.54. The number of hydrogen-bond donors (Lipinski definition) is 1. The first-order chi connectivity index (χ1) is 11.2. The van der Waals surface area contributed by atoms with E-state index in [1.807, 2.05) is 13.0 Å². The highest BCUT2D eigenvalue weighted by molar-refractivity contribution is 5.96. The van der Waals surface area contributed by atoms with Gasteiger partial charge in [-0.25, -0.2) is 4.79 Å². The highest BCUT2D eigenvalue weighted by Crippen LogP contribution is 2.30. The van der Waals surface area contributed by atoms with Crippen LogP contribution in [0.15, 0.2) is 34.4 Å². The fraction of sp³-hybridized carbons (Fsp3) is 0.500. The summed E-state index contributed by atoms with van der Waals surface area (Å²) < 4.78 is 10.8. The smallest absolute Gasteiger partial charge is 0.413 e. The third-order valence-electron chi connectivity index (χ3n) is 3.28. The summed E-state index contributed by atoms with van der Waals surface area (Å²) in [6.45, 7) is 7.81. The molecule has 0 bridgehead atoms. The molecule has 1 aliphatic heterocycles. The summed E-state index contributed by atoms with van der Waals surface area (Å²) in [5, 5.41) is 6.22. The molecule has 8 nitrogen and oxygen atoms in total. The van der Waals surface area contributed by atoms with Crippen molar-refractivity contribution in [3.63, 3.8) is 0 Å². The highest BCUT2D eigenvalue weighted by atomic mass is 16.6. The zero-order valence-corrected chi connectivity index (χ0v) is 14.2. The van der Waals surface area contributed by atoms with Gasteiger partial charge < -0.3 is 9.47 Å². The molecule has 0 saturated heterocycles. The lowest BCUT2D eigenvalue weighted by Crippen LogP contribution is -2.44. The molecule has 0 spiro atoms. The molecule has 0 saturated carbocycles. The summed E-state index contributed by atoms with van der Waals surface area (Å²) in [5.41, 5.74) is 8.61. The molecule has 24 heavy (non-hydrogen) atoms. The average Bonchev–Trinajstić information content (AvgIpc) is 2.46. The van der Waals surface area contributed by atoms with Gasteiger partial charge in [0.15, 0.2) is 0 Å². The van der Waals surface area contributed by atoms with Crippen molar-refractivity contribution in [2.24, 2.45) is 10.1 Å². The summed E-state index contributed by atoms with van der Waals surface area (Å²) >= 11 is 0. The predicted octanol–water partition coefficient (Wildman–Crippen LogP) is 3.80. The first kappa shape index (κ1) is 17.8. The molecule has 0 aliphatic carbocycles. The fourth-order valence-corrected chi connectivity index (χ4v) is 2.30. The van der Waals surface area contributed by atoms with Crippen molar-refractivity contribution in [2.45, 2.75) is 38.8 Å². The molecule has 0 radical (unpaired) electrons. The van der Waals surface area contributed by atoms with E-state index in [2.05, 4.69) is 20.3 Å². The van der Waals surface area contributed by atoms with Crippen LogP contribution in [0.1, 0.15) is 33.3 Å². The van der Waals surface area contributed by atoms with Crippen LogP contribution in [-0.4, -0.2) is 30.7 Å². The van der Waals surface area contributed by atoms with Crippen LogP contribution in [0, 0.1) is 0 Å². The van der Waals surface area contributed by atoms with Crippen LogP contribution in [0.2, 0.25) is 0 Å². The predicted molar refractivity (Wildman–Crippen MR) is 90.2 cm³/mol. The van der Waals surface area contributed by atoms with Crippen molar-refractivity contribution in [3.8, 4) is 0 Å². The highest BCUT2D eigenvalue weighted by Gasteiger charge is 2.31. The van der Waals surface area contributed by atoms with Crippen LogP contribution in [0.5, 0.6) is 0 Å². The standard InChI is InChI=1S/C16H21N5O3/c1-15(2,3)24-14(22)18-13-9-23-10-16(4,19-13)11-6-5-7-12(8-11)20-21-17/h5-8H,9-10H2,1-4H3,(H,18,19,22)/t16-/m0/s1. The second kappa shape index (κ2) is 6.90. The van der Waals surface area contributed by atoms with E-state index in [9.17, 15) is 4.79 Å². The quantitative estimate of drug-likeness (QED) is 0.505. The minimum atomic E-state index is -0.691. The Morgan fingerprint density at radius 2 is 2.25 bits per heavy atom. The van der Waals surface area contributed by atoms with Gasteiger partial charge in [0.1, 0.15) is 23.6 Å². The van der Waals surface area contributed by atoms with Gasteiger partial charge in [0, 0.05) is 10.6 Å². The van der Waals surface area contributed by atoms with Crippen LogP contribution >= 0.6 is 0 Å². The zero-order chi connectivity index (χ0) is 17.8. The van der Waals surface area contributed by atoms with E-state index in [1.54, 1.807) is 39.0 Å². The van der Waals surface area contributed by atoms with Gasteiger partial charge in [-0.15, -0.1) is 0 Å². The Kier molecular flexibility index (Phi) is 5.11. The molecule has 1 aliphatic rings. The summed E-state index contributed by atoms with van der Waals surface area (Å²) in [7, 11) is 0. The van der Waals surface area contributed by atoms with E-state index >= 15 is 0 Å². The Hall–Kier alpha value is -2.57. The largest absolute Gasteiger partial charge is 0.444 e. The number of azide groups is 1. The number of amidine groups is 1. The molecule has 1 atom stereocenters. The molecule has 1 aromatic carbocycles. The third-order valence-corrected chi connectivity index (χ3v) is 3.28. The van der Waals surface area contributed by atoms with Gasteiger partial charge in [0.2, 0.25) is 0 Å². The minimum Gasteiger partial charge on any atom is -0.444 e. The topological polar surface area (TPSA) is 109 Å². The second-order valence-corrected chi connectivity index (χ2v) is 6.69. The summed E-state index contributed by atoms with van der Waals surface area (Å²) in [4.78, 5) is 19.3. The lowest BCUT2D eigenvalue weighted by molar-refractivity contribution is 0.0543. The monoisotopic (exact) mass is 331 g/mol. The van der Waals surface area contributed by atoms with E-state index in [1.165, 1.54) is 0 Å². The Morgan fingerprint density at radius 3 is 2.92 bits per heavy atom. The number of amides is 1. The number of rotatable bonds is 2. The van der Waals surface area contributed by atoms with Crippen LogP contribution in [0.3, 0.4) is 0 Å². The molecule has 128 valence electrons. The van der Waals surface area contributed by atoms with Gasteiger partial charge in [-0.1, -0.05) is 23.3 Å². The molecule has 0 aromatic heterocycles. The van der Waals surface area contributed by atoms with E-state index in [-0.39, 0.29) is 6.61 Å². The first-order valence-corrected chi connectivity index (χ1v) is 7.54. The Labute approximate surface area is 140 Å². The van der Waals surface area contributed by atoms with Crippen molar-refractivity contribution in [1.29, 1.82) is 0 Å². The molecule has 0 unspecified atom stereocenters. The molecule has 1 heterocycles. The Balaban J connectivity index is 2.22. The minimum absolute atomic E-state index is 0.199. The van der Waals surface area contributed by atoms with Crippen molar-refractivity contribution in [3.05, 3.63) is 40.3 Å². The fourth-order valence-electron chi connectivity index (χ4n) is 2.30. The van der Waals surface area contributed by atoms with E-state index < -0.39 is 17.2 Å². The van der Waals surface area contributed by atoms with Crippen LogP contribution < -0.4 is 5.32 Å². The van der Waals surface area contributed by atoms with Gasteiger partial charge >= 0.3 is 6.09 Å². The zero-order valence-electron chi connectivity index (χ0n) is 14.2. The number of alkyl carbamates (subject to hydrolysis) is 1. The molecular weight excluding hydrogens is 310 g/mol. The lowest BCUT2D eigenvalue weighted by atomic mass is 9.92. The van der Waals surface area contributed by atoms with Crippen molar-refractivity contribution in [1.82, 2.24) is 5.32 Å². The average molecular weight is 331 g/mol. The maximum atomic E-state index is 11.9. The van der Waals surface area contributed by atoms with Crippen LogP contribution in [0.25, 0.3) is 10.4 Å². The number of ether oxygens (including phenoxy) is 2. The molecular formula is C16H21N5O3. The van der Waals surface area contributed by atoms with Gasteiger partial charge in [-0.2, -0.15) is 0 Å².